The number of piperazine rings is 1. The van der Waals surface area contributed by atoms with Crippen LogP contribution in [0.4, 0.5) is 5.13 Å². The Balaban J connectivity index is 1.24. The summed E-state index contributed by atoms with van der Waals surface area (Å²) in [4.78, 5) is 22.4. The first-order chi connectivity index (χ1) is 17.1. The van der Waals surface area contributed by atoms with Gasteiger partial charge in [-0.2, -0.15) is 4.31 Å². The van der Waals surface area contributed by atoms with E-state index in [-0.39, 0.29) is 10.8 Å². The van der Waals surface area contributed by atoms with Crippen LogP contribution in [0.5, 0.6) is 0 Å². The van der Waals surface area contributed by atoms with Gasteiger partial charge in [0.15, 0.2) is 5.13 Å². The first-order valence-electron chi connectivity index (χ1n) is 12.6. The molecule has 0 bridgehead atoms. The number of aromatic nitrogens is 1. The van der Waals surface area contributed by atoms with Crippen LogP contribution in [0.2, 0.25) is 0 Å². The molecular weight excluding hydrogens is 492 g/mol. The maximum atomic E-state index is 13.2. The number of thiazole rings is 1. The van der Waals surface area contributed by atoms with Gasteiger partial charge in [-0.25, -0.2) is 13.4 Å². The summed E-state index contributed by atoms with van der Waals surface area (Å²) < 4.78 is 29.1. The molecule has 192 valence electrons. The monoisotopic (exact) mass is 526 g/mol. The molecule has 2 saturated heterocycles. The zero-order chi connectivity index (χ0) is 25.6. The molecule has 2 aliphatic rings. The number of nitrogens with zero attached hydrogens (tertiary/aromatic N) is 4. The third kappa shape index (κ3) is 4.76. The van der Waals surface area contributed by atoms with Crippen molar-refractivity contribution in [3.63, 3.8) is 0 Å². The van der Waals surface area contributed by atoms with Crippen LogP contribution in [0, 0.1) is 25.7 Å². The Morgan fingerprint density at radius 1 is 0.944 bits per heavy atom. The quantitative estimate of drug-likeness (QED) is 0.499. The zero-order valence-corrected chi connectivity index (χ0v) is 23.0. The first-order valence-corrected chi connectivity index (χ1v) is 14.9. The molecule has 2 atom stereocenters. The summed E-state index contributed by atoms with van der Waals surface area (Å²) >= 11 is 1.70. The summed E-state index contributed by atoms with van der Waals surface area (Å²) in [5.41, 5.74) is 4.05. The van der Waals surface area contributed by atoms with Crippen molar-refractivity contribution in [2.45, 2.75) is 39.0 Å². The van der Waals surface area contributed by atoms with Crippen LogP contribution in [-0.2, 0) is 10.0 Å². The Hall–Kier alpha value is -2.49. The van der Waals surface area contributed by atoms with Gasteiger partial charge in [0.25, 0.3) is 5.91 Å². The number of carbonyl (C=O) groups is 1. The van der Waals surface area contributed by atoms with E-state index in [1.165, 1.54) is 15.8 Å². The fourth-order valence-electron chi connectivity index (χ4n) is 5.35. The summed E-state index contributed by atoms with van der Waals surface area (Å²) in [6.45, 7) is 12.2. The summed E-state index contributed by atoms with van der Waals surface area (Å²) in [6.07, 6.45) is 1.05. The number of benzene rings is 2. The lowest BCUT2D eigenvalue weighted by Gasteiger charge is -2.35. The average Bonchev–Trinajstić information content (AvgIpc) is 3.31. The summed E-state index contributed by atoms with van der Waals surface area (Å²) in [7, 11) is -3.55. The zero-order valence-electron chi connectivity index (χ0n) is 21.4. The smallest absolute Gasteiger partial charge is 0.253 e. The largest absolute Gasteiger partial charge is 0.345 e. The molecule has 2 unspecified atom stereocenters. The number of hydrogen-bond acceptors (Lipinski definition) is 6. The lowest BCUT2D eigenvalue weighted by atomic mass is 9.94. The van der Waals surface area contributed by atoms with Crippen LogP contribution >= 0.6 is 11.3 Å². The lowest BCUT2D eigenvalue weighted by Crippen LogP contribution is -2.48. The highest BCUT2D eigenvalue weighted by Crippen LogP contribution is 2.32. The Morgan fingerprint density at radius 3 is 2.22 bits per heavy atom. The lowest BCUT2D eigenvalue weighted by molar-refractivity contribution is 0.0746. The molecule has 3 aromatic rings. The maximum Gasteiger partial charge on any atom is 0.253 e. The van der Waals surface area contributed by atoms with Crippen LogP contribution in [0.3, 0.4) is 0 Å². The van der Waals surface area contributed by atoms with E-state index in [0.29, 0.717) is 43.6 Å². The van der Waals surface area contributed by atoms with Crippen molar-refractivity contribution in [3.05, 3.63) is 53.1 Å². The van der Waals surface area contributed by atoms with Crippen LogP contribution in [0.25, 0.3) is 10.2 Å². The van der Waals surface area contributed by atoms with Gasteiger partial charge < -0.3 is 9.80 Å². The van der Waals surface area contributed by atoms with Crippen molar-refractivity contribution >= 4 is 42.6 Å². The minimum atomic E-state index is -3.55. The highest BCUT2D eigenvalue weighted by molar-refractivity contribution is 7.89. The van der Waals surface area contributed by atoms with Crippen molar-refractivity contribution in [2.24, 2.45) is 11.8 Å². The standard InChI is InChI=1S/C27H34N4O3S2/c1-18-15-19(2)17-31(16-18)36(33,34)23-8-6-22(7-9-23)26(32)29-11-13-30(14-12-29)27-28-25-21(4)20(3)5-10-24(25)35-27/h5-10,18-19H,11-17H2,1-4H3. The second-order valence-electron chi connectivity index (χ2n) is 10.4. The maximum absolute atomic E-state index is 13.2. The molecule has 0 aliphatic carbocycles. The van der Waals surface area contributed by atoms with E-state index < -0.39 is 10.0 Å². The molecule has 2 aromatic carbocycles. The van der Waals surface area contributed by atoms with Crippen molar-refractivity contribution in [2.75, 3.05) is 44.2 Å². The molecule has 0 saturated carbocycles. The predicted molar refractivity (Wildman–Crippen MR) is 145 cm³/mol. The van der Waals surface area contributed by atoms with Crippen molar-refractivity contribution in [3.8, 4) is 0 Å². The number of rotatable bonds is 4. The van der Waals surface area contributed by atoms with E-state index in [9.17, 15) is 13.2 Å². The molecule has 1 aromatic heterocycles. The number of sulfonamides is 1. The molecule has 0 spiro atoms. The number of aryl methyl sites for hydroxylation is 2. The molecule has 2 fully saturated rings. The topological polar surface area (TPSA) is 73.8 Å². The van der Waals surface area contributed by atoms with Gasteiger partial charge in [-0.15, -0.1) is 0 Å². The second kappa shape index (κ2) is 9.76. The van der Waals surface area contributed by atoms with E-state index in [4.69, 9.17) is 4.98 Å². The van der Waals surface area contributed by atoms with Gasteiger partial charge in [0.2, 0.25) is 10.0 Å². The number of amides is 1. The van der Waals surface area contributed by atoms with Crippen molar-refractivity contribution < 1.29 is 13.2 Å². The molecular formula is C27H34N4O3S2. The number of hydrogen-bond donors (Lipinski definition) is 0. The van der Waals surface area contributed by atoms with E-state index in [1.54, 1.807) is 39.9 Å². The molecule has 3 heterocycles. The summed E-state index contributed by atoms with van der Waals surface area (Å²) in [5.74, 6) is 0.632. The second-order valence-corrected chi connectivity index (χ2v) is 13.4. The normalized spacial score (nSPS) is 21.8. The molecule has 5 rings (SSSR count). The highest BCUT2D eigenvalue weighted by atomic mass is 32.2. The molecule has 36 heavy (non-hydrogen) atoms. The summed E-state index contributed by atoms with van der Waals surface area (Å²) in [6, 6.07) is 10.7. The van der Waals surface area contributed by atoms with E-state index in [2.05, 4.69) is 44.7 Å². The van der Waals surface area contributed by atoms with Crippen LogP contribution in [0.1, 0.15) is 41.8 Å². The third-order valence-corrected chi connectivity index (χ3v) is 10.4. The van der Waals surface area contributed by atoms with Gasteiger partial charge in [0.05, 0.1) is 15.1 Å². The van der Waals surface area contributed by atoms with Gasteiger partial charge in [-0.1, -0.05) is 31.3 Å². The minimum Gasteiger partial charge on any atom is -0.345 e. The highest BCUT2D eigenvalue weighted by Gasteiger charge is 2.32. The number of fused-ring (bicyclic) bond motifs is 1. The predicted octanol–water partition coefficient (Wildman–Crippen LogP) is 4.54. The third-order valence-electron chi connectivity index (χ3n) is 7.49. The van der Waals surface area contributed by atoms with Crippen LogP contribution in [-0.4, -0.2) is 67.8 Å². The van der Waals surface area contributed by atoms with E-state index in [1.807, 2.05) is 4.90 Å². The van der Waals surface area contributed by atoms with Crippen molar-refractivity contribution in [1.82, 2.24) is 14.2 Å². The van der Waals surface area contributed by atoms with Gasteiger partial charge in [-0.3, -0.25) is 4.79 Å². The van der Waals surface area contributed by atoms with Gasteiger partial charge in [-0.05, 0) is 73.6 Å². The average molecular weight is 527 g/mol. The van der Waals surface area contributed by atoms with Gasteiger partial charge in [0.1, 0.15) is 0 Å². The number of anilines is 1. The Morgan fingerprint density at radius 2 is 1.58 bits per heavy atom. The molecule has 0 N–H and O–H groups in total. The Kier molecular flexibility index (Phi) is 6.82. The van der Waals surface area contributed by atoms with Gasteiger partial charge in [0, 0.05) is 44.8 Å². The molecule has 1 amide bonds. The molecule has 0 radical (unpaired) electrons. The fourth-order valence-corrected chi connectivity index (χ4v) is 8.11. The Labute approximate surface area is 217 Å². The van der Waals surface area contributed by atoms with Crippen LogP contribution < -0.4 is 4.90 Å². The van der Waals surface area contributed by atoms with Crippen LogP contribution in [0.15, 0.2) is 41.3 Å². The van der Waals surface area contributed by atoms with Crippen molar-refractivity contribution in [1.29, 1.82) is 0 Å². The molecule has 7 nitrogen and oxygen atoms in total. The Bertz CT molecular complexity index is 1370. The first kappa shape index (κ1) is 25.2. The van der Waals surface area contributed by atoms with E-state index in [0.717, 1.165) is 30.2 Å². The minimum absolute atomic E-state index is 0.0606. The number of piperidine rings is 1. The SMILES string of the molecule is Cc1ccc2sc(N3CCN(C(=O)c4ccc(S(=O)(=O)N5CC(C)CC(C)C5)cc4)CC3)nc2c1C. The molecule has 2 aliphatic heterocycles. The summed E-state index contributed by atoms with van der Waals surface area (Å²) in [5, 5.41) is 1.00. The van der Waals surface area contributed by atoms with E-state index >= 15 is 0 Å². The molecule has 9 heteroatoms. The number of carbonyl (C=O) groups excluding carboxylic acids is 1. The van der Waals surface area contributed by atoms with Gasteiger partial charge >= 0.3 is 0 Å². The fraction of sp³-hybridized carbons (Fsp3) is 0.481.